The van der Waals surface area contributed by atoms with Crippen molar-refractivity contribution in [3.05, 3.63) is 48.6 Å². The zero-order chi connectivity index (χ0) is 54.4. The van der Waals surface area contributed by atoms with Crippen molar-refractivity contribution in [2.24, 2.45) is 0 Å². The Morgan fingerprint density at radius 1 is 0.333 bits per heavy atom. The Morgan fingerprint density at radius 3 is 0.920 bits per heavy atom. The number of nitrogens with one attached hydrogen (secondary N) is 1. The van der Waals surface area contributed by atoms with Gasteiger partial charge >= 0.3 is 0 Å². The number of amides is 1. The largest absolute Gasteiger partial charge is 0.394 e. The predicted molar refractivity (Wildman–Crippen MR) is 330 cm³/mol. The molecule has 0 radical (unpaired) electrons. The van der Waals surface area contributed by atoms with Crippen molar-refractivity contribution in [1.29, 1.82) is 0 Å². The van der Waals surface area contributed by atoms with Crippen molar-refractivity contribution in [2.75, 3.05) is 6.61 Å². The van der Waals surface area contributed by atoms with Crippen LogP contribution in [0.3, 0.4) is 0 Å². The molecule has 4 unspecified atom stereocenters. The van der Waals surface area contributed by atoms with E-state index in [0.717, 1.165) is 44.9 Å². The van der Waals surface area contributed by atoms with Gasteiger partial charge < -0.3 is 25.7 Å². The van der Waals surface area contributed by atoms with Gasteiger partial charge in [0.05, 0.1) is 18.8 Å². The second-order valence-electron chi connectivity index (χ2n) is 23.2. The van der Waals surface area contributed by atoms with Gasteiger partial charge in [0.1, 0.15) is 12.2 Å². The summed E-state index contributed by atoms with van der Waals surface area (Å²) >= 11 is 0. The SMILES string of the molecule is CCCCCCCCCCCCCCC/C=C\C/C=C\CCCCCCCCCCCCCCCCCCC(O)C(=O)NC(CO)C(O)C(O)CCC/C=C/CC/C=C/CCCCCCCCCCCCCCCC. The first-order chi connectivity index (χ1) is 37.0. The molecule has 6 heteroatoms. The van der Waals surface area contributed by atoms with Crippen LogP contribution in [-0.2, 0) is 4.79 Å². The minimum Gasteiger partial charge on any atom is -0.394 e. The lowest BCUT2D eigenvalue weighted by Gasteiger charge is -2.27. The summed E-state index contributed by atoms with van der Waals surface area (Å²) in [6, 6.07) is -1.01. The van der Waals surface area contributed by atoms with Gasteiger partial charge in [-0.3, -0.25) is 4.79 Å². The molecule has 4 atom stereocenters. The molecular formula is C69H131NO5. The van der Waals surface area contributed by atoms with Gasteiger partial charge in [-0.05, 0) is 83.5 Å². The van der Waals surface area contributed by atoms with Crippen molar-refractivity contribution >= 4 is 5.91 Å². The topological polar surface area (TPSA) is 110 Å². The average molecular weight is 1050 g/mol. The van der Waals surface area contributed by atoms with Crippen molar-refractivity contribution in [3.63, 3.8) is 0 Å². The second kappa shape index (κ2) is 63.1. The van der Waals surface area contributed by atoms with E-state index in [1.165, 1.54) is 276 Å². The van der Waals surface area contributed by atoms with Crippen molar-refractivity contribution in [3.8, 4) is 0 Å². The van der Waals surface area contributed by atoms with E-state index in [4.69, 9.17) is 0 Å². The van der Waals surface area contributed by atoms with Crippen LogP contribution in [0, 0.1) is 0 Å². The predicted octanol–water partition coefficient (Wildman–Crippen LogP) is 20.5. The number of hydrogen-bond acceptors (Lipinski definition) is 5. The van der Waals surface area contributed by atoms with E-state index in [9.17, 15) is 25.2 Å². The molecular weight excluding hydrogens is 923 g/mol. The van der Waals surface area contributed by atoms with Gasteiger partial charge in [-0.15, -0.1) is 0 Å². The summed E-state index contributed by atoms with van der Waals surface area (Å²) in [5.41, 5.74) is 0. The number of rotatable bonds is 62. The minimum absolute atomic E-state index is 0.360. The molecule has 0 spiro atoms. The van der Waals surface area contributed by atoms with Crippen LogP contribution in [0.5, 0.6) is 0 Å². The van der Waals surface area contributed by atoms with Crippen molar-refractivity contribution < 1.29 is 25.2 Å². The summed E-state index contributed by atoms with van der Waals surface area (Å²) in [5.74, 6) is -0.593. The lowest BCUT2D eigenvalue weighted by Crippen LogP contribution is -2.53. The molecule has 0 rings (SSSR count). The summed E-state index contributed by atoms with van der Waals surface area (Å²) in [6.07, 6.45) is 82.3. The average Bonchev–Trinajstić information content (AvgIpc) is 3.42. The van der Waals surface area contributed by atoms with Crippen LogP contribution in [0.4, 0.5) is 0 Å². The van der Waals surface area contributed by atoms with Gasteiger partial charge in [-0.1, -0.05) is 319 Å². The maximum absolute atomic E-state index is 12.6. The minimum atomic E-state index is -1.29. The summed E-state index contributed by atoms with van der Waals surface area (Å²) in [7, 11) is 0. The van der Waals surface area contributed by atoms with E-state index in [-0.39, 0.29) is 0 Å². The smallest absolute Gasteiger partial charge is 0.249 e. The molecule has 0 fully saturated rings. The number of aliphatic hydroxyl groups is 4. The van der Waals surface area contributed by atoms with E-state index in [2.05, 4.69) is 67.8 Å². The Balaban J connectivity index is 3.60. The van der Waals surface area contributed by atoms with Crippen LogP contribution in [0.15, 0.2) is 48.6 Å². The Labute approximate surface area is 468 Å². The first kappa shape index (κ1) is 73.3. The highest BCUT2D eigenvalue weighted by Crippen LogP contribution is 2.18. The van der Waals surface area contributed by atoms with Crippen LogP contribution >= 0.6 is 0 Å². The van der Waals surface area contributed by atoms with E-state index in [1.54, 1.807) is 0 Å². The molecule has 0 saturated carbocycles. The van der Waals surface area contributed by atoms with E-state index in [0.29, 0.717) is 19.3 Å². The van der Waals surface area contributed by atoms with Crippen LogP contribution < -0.4 is 5.32 Å². The fourth-order valence-corrected chi connectivity index (χ4v) is 10.5. The second-order valence-corrected chi connectivity index (χ2v) is 23.2. The zero-order valence-corrected chi connectivity index (χ0v) is 50.3. The number of carbonyl (C=O) groups excluding carboxylic acids is 1. The quantitative estimate of drug-likeness (QED) is 0.0308. The van der Waals surface area contributed by atoms with Gasteiger partial charge in [0, 0.05) is 0 Å². The van der Waals surface area contributed by atoms with Crippen LogP contribution in [0.25, 0.3) is 0 Å². The molecule has 0 aliphatic carbocycles. The number of hydrogen-bond donors (Lipinski definition) is 5. The lowest BCUT2D eigenvalue weighted by molar-refractivity contribution is -0.132. The normalized spacial score (nSPS) is 13.8. The Hall–Kier alpha value is -1.73. The third-order valence-corrected chi connectivity index (χ3v) is 15.7. The highest BCUT2D eigenvalue weighted by molar-refractivity contribution is 5.80. The Bertz CT molecular complexity index is 1230. The molecule has 6 nitrogen and oxygen atoms in total. The highest BCUT2D eigenvalue weighted by atomic mass is 16.3. The van der Waals surface area contributed by atoms with Crippen molar-refractivity contribution in [1.82, 2.24) is 5.32 Å². The van der Waals surface area contributed by atoms with E-state index < -0.39 is 36.9 Å². The van der Waals surface area contributed by atoms with Crippen molar-refractivity contribution in [2.45, 2.75) is 379 Å². The molecule has 0 aromatic rings. The number of aliphatic hydroxyl groups excluding tert-OH is 4. The Morgan fingerprint density at radius 2 is 0.600 bits per heavy atom. The fourth-order valence-electron chi connectivity index (χ4n) is 10.5. The monoisotopic (exact) mass is 1050 g/mol. The molecule has 0 bridgehead atoms. The number of unbranched alkanes of at least 4 members (excludes halogenated alkanes) is 45. The lowest BCUT2D eigenvalue weighted by atomic mass is 10.00. The first-order valence-corrected chi connectivity index (χ1v) is 33.5. The van der Waals surface area contributed by atoms with Gasteiger partial charge in [-0.2, -0.15) is 0 Å². The van der Waals surface area contributed by atoms with Gasteiger partial charge in [-0.25, -0.2) is 0 Å². The van der Waals surface area contributed by atoms with Gasteiger partial charge in [0.2, 0.25) is 5.91 Å². The third-order valence-electron chi connectivity index (χ3n) is 15.7. The summed E-state index contributed by atoms with van der Waals surface area (Å²) in [4.78, 5) is 12.6. The fraction of sp³-hybridized carbons (Fsp3) is 0.870. The number of allylic oxidation sites excluding steroid dienone is 8. The molecule has 442 valence electrons. The van der Waals surface area contributed by atoms with Crippen LogP contribution in [0.2, 0.25) is 0 Å². The van der Waals surface area contributed by atoms with E-state index in [1.807, 2.05) is 0 Å². The molecule has 0 heterocycles. The highest BCUT2D eigenvalue weighted by Gasteiger charge is 2.28. The maximum Gasteiger partial charge on any atom is 0.249 e. The molecule has 0 saturated heterocycles. The first-order valence-electron chi connectivity index (χ1n) is 33.5. The third kappa shape index (κ3) is 56.8. The summed E-state index contributed by atoms with van der Waals surface area (Å²) in [6.45, 7) is 4.08. The molecule has 0 aliphatic heterocycles. The van der Waals surface area contributed by atoms with Gasteiger partial charge in [0.15, 0.2) is 0 Å². The van der Waals surface area contributed by atoms with Crippen LogP contribution in [-0.4, -0.2) is 57.3 Å². The Kier molecular flexibility index (Phi) is 61.6. The molecule has 5 N–H and O–H groups in total. The summed E-state index contributed by atoms with van der Waals surface area (Å²) in [5, 5.41) is 44.1. The maximum atomic E-state index is 12.6. The molecule has 0 aromatic carbocycles. The molecule has 1 amide bonds. The van der Waals surface area contributed by atoms with Crippen LogP contribution in [0.1, 0.15) is 354 Å². The van der Waals surface area contributed by atoms with E-state index >= 15 is 0 Å². The number of carbonyl (C=O) groups is 1. The molecule has 0 aliphatic rings. The zero-order valence-electron chi connectivity index (χ0n) is 50.3. The standard InChI is InChI=1S/C69H131NO5/c1-3-5-7-9-11-13-15-17-19-21-23-25-27-28-29-30-31-32-33-34-35-36-37-38-39-41-43-45-47-49-51-53-55-57-59-61-63-67(73)69(75)70-65(64-71)68(74)66(72)62-60-58-56-54-52-50-48-46-44-42-40-26-24-22-20-18-16-14-12-10-8-6-4-2/h29-30,32-33,46,48,54,56,65-68,71-74H,3-28,31,34-45,47,49-53,55,57-64H2,1-2H3,(H,70,75)/b30-29-,33-32-,48-46+,56-54+. The summed E-state index contributed by atoms with van der Waals surface area (Å²) < 4.78 is 0. The molecule has 0 aromatic heterocycles. The molecule has 75 heavy (non-hydrogen) atoms. The van der Waals surface area contributed by atoms with Gasteiger partial charge in [0.25, 0.3) is 0 Å².